The summed E-state index contributed by atoms with van der Waals surface area (Å²) in [7, 11) is 0. The molecule has 88 valence electrons. The molecule has 0 unspecified atom stereocenters. The Bertz CT molecular complexity index is 521. The summed E-state index contributed by atoms with van der Waals surface area (Å²) in [6, 6.07) is 7.14. The first-order valence-electron chi connectivity index (χ1n) is 4.98. The van der Waals surface area contributed by atoms with Gasteiger partial charge in [-0.05, 0) is 24.3 Å². The number of nitrogens with one attached hydrogen (secondary N) is 2. The molecule has 0 aliphatic rings. The van der Waals surface area contributed by atoms with Gasteiger partial charge in [0.1, 0.15) is 5.82 Å². The number of aromatic nitrogens is 2. The van der Waals surface area contributed by atoms with E-state index in [2.05, 4.69) is 31.4 Å². The van der Waals surface area contributed by atoms with E-state index in [0.717, 1.165) is 10.0 Å². The number of hydrogen-bond donors (Lipinski definition) is 3. The number of nitrogen functional groups attached to an aromatic ring is 1. The fraction of sp³-hybridized carbons (Fsp3) is 0.0909. The van der Waals surface area contributed by atoms with Crippen LogP contribution in [0.15, 0.2) is 34.9 Å². The number of rotatable bonds is 3. The van der Waals surface area contributed by atoms with E-state index in [1.165, 1.54) is 0 Å². The lowest BCUT2D eigenvalue weighted by Crippen LogP contribution is -2.22. The van der Waals surface area contributed by atoms with E-state index < -0.39 is 0 Å². The van der Waals surface area contributed by atoms with Crippen molar-refractivity contribution in [3.05, 3.63) is 46.1 Å². The number of carbonyl (C=O) groups is 1. The van der Waals surface area contributed by atoms with Crippen LogP contribution in [0.5, 0.6) is 0 Å². The van der Waals surface area contributed by atoms with Crippen molar-refractivity contribution >= 4 is 27.7 Å². The molecule has 0 fully saturated rings. The fourth-order valence-electron chi connectivity index (χ4n) is 1.34. The van der Waals surface area contributed by atoms with Gasteiger partial charge in [-0.2, -0.15) is 5.10 Å². The normalized spacial score (nSPS) is 10.2. The Balaban J connectivity index is 1.98. The number of carbonyl (C=O) groups excluding carboxylic acids is 1. The molecule has 2 aromatic rings. The molecule has 4 N–H and O–H groups in total. The Kier molecular flexibility index (Phi) is 3.43. The fourth-order valence-corrected chi connectivity index (χ4v) is 1.61. The monoisotopic (exact) mass is 294 g/mol. The van der Waals surface area contributed by atoms with Gasteiger partial charge in [-0.1, -0.05) is 15.9 Å². The first-order valence-corrected chi connectivity index (χ1v) is 5.77. The Hall–Kier alpha value is -1.82. The van der Waals surface area contributed by atoms with Gasteiger partial charge in [0.2, 0.25) is 0 Å². The average molecular weight is 295 g/mol. The average Bonchev–Trinajstić information content (AvgIpc) is 2.73. The third-order valence-corrected chi connectivity index (χ3v) is 2.83. The Morgan fingerprint density at radius 1 is 1.41 bits per heavy atom. The lowest BCUT2D eigenvalue weighted by Gasteiger charge is -2.04. The van der Waals surface area contributed by atoms with E-state index in [-0.39, 0.29) is 5.91 Å². The molecule has 1 heterocycles. The van der Waals surface area contributed by atoms with Crippen molar-refractivity contribution in [3.8, 4) is 0 Å². The van der Waals surface area contributed by atoms with Crippen molar-refractivity contribution in [3.63, 3.8) is 0 Å². The molecule has 0 radical (unpaired) electrons. The molecule has 0 saturated carbocycles. The second-order valence-electron chi connectivity index (χ2n) is 3.50. The summed E-state index contributed by atoms with van der Waals surface area (Å²) in [6.07, 6.45) is 1.59. The zero-order valence-electron chi connectivity index (χ0n) is 8.90. The highest BCUT2D eigenvalue weighted by Gasteiger charge is 2.06. The second kappa shape index (κ2) is 5.01. The molecular formula is C11H11BrN4O. The minimum Gasteiger partial charge on any atom is -0.384 e. The highest BCUT2D eigenvalue weighted by Crippen LogP contribution is 2.11. The van der Waals surface area contributed by atoms with Crippen LogP contribution in [-0.2, 0) is 6.54 Å². The molecule has 1 aromatic carbocycles. The SMILES string of the molecule is Nc1[nH]ncc1CNC(=O)c1ccc(Br)cc1. The van der Waals surface area contributed by atoms with Gasteiger partial charge < -0.3 is 11.1 Å². The van der Waals surface area contributed by atoms with E-state index in [1.807, 2.05) is 12.1 Å². The van der Waals surface area contributed by atoms with Crippen molar-refractivity contribution in [1.29, 1.82) is 0 Å². The highest BCUT2D eigenvalue weighted by atomic mass is 79.9. The van der Waals surface area contributed by atoms with Gasteiger partial charge >= 0.3 is 0 Å². The predicted molar refractivity (Wildman–Crippen MR) is 68.3 cm³/mol. The lowest BCUT2D eigenvalue weighted by atomic mass is 10.2. The van der Waals surface area contributed by atoms with Gasteiger partial charge in [0.15, 0.2) is 0 Å². The zero-order valence-corrected chi connectivity index (χ0v) is 10.5. The number of hydrogen-bond acceptors (Lipinski definition) is 3. The number of H-pyrrole nitrogens is 1. The van der Waals surface area contributed by atoms with E-state index in [1.54, 1.807) is 18.3 Å². The van der Waals surface area contributed by atoms with Crippen molar-refractivity contribution < 1.29 is 4.79 Å². The van der Waals surface area contributed by atoms with E-state index in [0.29, 0.717) is 17.9 Å². The van der Waals surface area contributed by atoms with Gasteiger partial charge in [0.25, 0.3) is 5.91 Å². The number of anilines is 1. The largest absolute Gasteiger partial charge is 0.384 e. The van der Waals surface area contributed by atoms with Gasteiger partial charge in [0, 0.05) is 22.1 Å². The van der Waals surface area contributed by atoms with Gasteiger partial charge in [-0.25, -0.2) is 0 Å². The van der Waals surface area contributed by atoms with Crippen LogP contribution in [0.4, 0.5) is 5.82 Å². The lowest BCUT2D eigenvalue weighted by molar-refractivity contribution is 0.0951. The van der Waals surface area contributed by atoms with Crippen molar-refractivity contribution in [1.82, 2.24) is 15.5 Å². The van der Waals surface area contributed by atoms with Crippen molar-refractivity contribution in [2.24, 2.45) is 0 Å². The maximum atomic E-state index is 11.8. The first-order chi connectivity index (χ1) is 8.16. The first kappa shape index (κ1) is 11.7. The van der Waals surface area contributed by atoms with Gasteiger partial charge in [-0.15, -0.1) is 0 Å². The van der Waals surface area contributed by atoms with Crippen LogP contribution < -0.4 is 11.1 Å². The number of halogens is 1. The molecule has 17 heavy (non-hydrogen) atoms. The molecule has 0 saturated heterocycles. The zero-order chi connectivity index (χ0) is 12.3. The summed E-state index contributed by atoms with van der Waals surface area (Å²) < 4.78 is 0.938. The maximum Gasteiger partial charge on any atom is 0.251 e. The van der Waals surface area contributed by atoms with Gasteiger partial charge in [-0.3, -0.25) is 9.89 Å². The van der Waals surface area contributed by atoms with Crippen molar-refractivity contribution in [2.45, 2.75) is 6.54 Å². The molecule has 0 spiro atoms. The quantitative estimate of drug-likeness (QED) is 0.805. The topological polar surface area (TPSA) is 83.8 Å². The number of amides is 1. The van der Waals surface area contributed by atoms with Crippen LogP contribution >= 0.6 is 15.9 Å². The van der Waals surface area contributed by atoms with Crippen LogP contribution in [0.25, 0.3) is 0 Å². The molecule has 0 bridgehead atoms. The minimum absolute atomic E-state index is 0.141. The van der Waals surface area contributed by atoms with Crippen LogP contribution in [0.3, 0.4) is 0 Å². The molecule has 0 atom stereocenters. The molecule has 2 rings (SSSR count). The van der Waals surface area contributed by atoms with E-state index in [4.69, 9.17) is 5.73 Å². The summed E-state index contributed by atoms with van der Waals surface area (Å²) in [4.78, 5) is 11.8. The molecular weight excluding hydrogens is 284 g/mol. The van der Waals surface area contributed by atoms with Gasteiger partial charge in [0.05, 0.1) is 6.20 Å². The summed E-state index contributed by atoms with van der Waals surface area (Å²) >= 11 is 3.31. The Morgan fingerprint density at radius 3 is 2.71 bits per heavy atom. The third-order valence-electron chi connectivity index (χ3n) is 2.30. The number of aromatic amines is 1. The number of nitrogens with zero attached hydrogens (tertiary/aromatic N) is 1. The van der Waals surface area contributed by atoms with Crippen LogP contribution in [-0.4, -0.2) is 16.1 Å². The van der Waals surface area contributed by atoms with E-state index >= 15 is 0 Å². The summed E-state index contributed by atoms with van der Waals surface area (Å²) in [6.45, 7) is 0.358. The molecule has 0 aliphatic carbocycles. The summed E-state index contributed by atoms with van der Waals surface area (Å²) in [5.41, 5.74) is 6.99. The standard InChI is InChI=1S/C11H11BrN4O/c12-9-3-1-7(2-4-9)11(17)14-5-8-6-15-16-10(8)13/h1-4,6H,5H2,(H,14,17)(H3,13,15,16). The summed E-state index contributed by atoms with van der Waals surface area (Å²) in [5.74, 6) is 0.333. The number of nitrogens with two attached hydrogens (primary N) is 1. The second-order valence-corrected chi connectivity index (χ2v) is 4.41. The van der Waals surface area contributed by atoms with E-state index in [9.17, 15) is 4.79 Å². The predicted octanol–water partition coefficient (Wildman–Crippen LogP) is 1.68. The molecule has 0 aliphatic heterocycles. The van der Waals surface area contributed by atoms with Crippen LogP contribution in [0.1, 0.15) is 15.9 Å². The summed E-state index contributed by atoms with van der Waals surface area (Å²) in [5, 5.41) is 9.15. The smallest absolute Gasteiger partial charge is 0.251 e. The molecule has 6 heteroatoms. The molecule has 5 nitrogen and oxygen atoms in total. The van der Waals surface area contributed by atoms with Crippen LogP contribution in [0.2, 0.25) is 0 Å². The third kappa shape index (κ3) is 2.85. The Labute approximate surface area is 107 Å². The molecule has 1 amide bonds. The molecule has 1 aromatic heterocycles. The highest BCUT2D eigenvalue weighted by molar-refractivity contribution is 9.10. The van der Waals surface area contributed by atoms with Crippen molar-refractivity contribution in [2.75, 3.05) is 5.73 Å². The Morgan fingerprint density at radius 2 is 2.12 bits per heavy atom. The minimum atomic E-state index is -0.141. The maximum absolute atomic E-state index is 11.8. The number of benzene rings is 1. The van der Waals surface area contributed by atoms with Crippen LogP contribution in [0, 0.1) is 0 Å².